The molecule has 0 radical (unpaired) electrons. The average molecular weight is 286 g/mol. The van der Waals surface area contributed by atoms with Crippen molar-refractivity contribution in [2.45, 2.75) is 26.2 Å². The molecule has 0 saturated carbocycles. The maximum Gasteiger partial charge on any atom is 0.184 e. The van der Waals surface area contributed by atoms with Crippen LogP contribution in [-0.2, 0) is 13.5 Å². The van der Waals surface area contributed by atoms with Crippen LogP contribution in [0.4, 0.5) is 0 Å². The number of fused-ring (bicyclic) bond motifs is 3. The Labute approximate surface area is 123 Å². The van der Waals surface area contributed by atoms with E-state index in [9.17, 15) is 0 Å². The topological polar surface area (TPSA) is 55.3 Å². The highest BCUT2D eigenvalue weighted by molar-refractivity contribution is 7.80. The number of hydrogen-bond acceptors (Lipinski definition) is 2. The number of benzene rings is 1. The molecule has 0 aliphatic heterocycles. The highest BCUT2D eigenvalue weighted by atomic mass is 32.1. The summed E-state index contributed by atoms with van der Waals surface area (Å²) in [7, 11) is 2.10. The lowest BCUT2D eigenvalue weighted by Crippen LogP contribution is -2.27. The molecular formula is C15H18N4S. The summed E-state index contributed by atoms with van der Waals surface area (Å²) in [5.41, 5.74) is 14.4. The fourth-order valence-electron chi connectivity index (χ4n) is 3.04. The van der Waals surface area contributed by atoms with E-state index in [0.717, 1.165) is 25.0 Å². The second kappa shape index (κ2) is 4.90. The van der Waals surface area contributed by atoms with E-state index < -0.39 is 0 Å². The monoisotopic (exact) mass is 286 g/mol. The Kier molecular flexibility index (Phi) is 3.22. The van der Waals surface area contributed by atoms with E-state index in [4.69, 9.17) is 18.0 Å². The molecule has 0 amide bonds. The summed E-state index contributed by atoms with van der Waals surface area (Å²) in [5.74, 6) is 0. The van der Waals surface area contributed by atoms with Crippen molar-refractivity contribution >= 4 is 33.9 Å². The zero-order valence-corrected chi connectivity index (χ0v) is 12.5. The van der Waals surface area contributed by atoms with E-state index in [1.165, 1.54) is 27.7 Å². The number of hydrazone groups is 1. The molecule has 5 heteroatoms. The molecule has 104 valence electrons. The average Bonchev–Trinajstić information content (AvgIpc) is 2.70. The second-order valence-electron chi connectivity index (χ2n) is 5.29. The van der Waals surface area contributed by atoms with Crippen molar-refractivity contribution in [1.82, 2.24) is 9.99 Å². The van der Waals surface area contributed by atoms with Crippen molar-refractivity contribution in [3.63, 3.8) is 0 Å². The van der Waals surface area contributed by atoms with Crippen LogP contribution in [0, 0.1) is 6.92 Å². The van der Waals surface area contributed by atoms with Crippen molar-refractivity contribution in [3.05, 3.63) is 35.0 Å². The Morgan fingerprint density at radius 1 is 1.40 bits per heavy atom. The summed E-state index contributed by atoms with van der Waals surface area (Å²) in [6, 6.07) is 6.59. The van der Waals surface area contributed by atoms with Gasteiger partial charge in [-0.3, -0.25) is 5.43 Å². The van der Waals surface area contributed by atoms with Gasteiger partial charge in [-0.05, 0) is 56.1 Å². The number of nitrogens with one attached hydrogen (secondary N) is 1. The lowest BCUT2D eigenvalue weighted by Gasteiger charge is -2.16. The summed E-state index contributed by atoms with van der Waals surface area (Å²) >= 11 is 4.83. The summed E-state index contributed by atoms with van der Waals surface area (Å²) < 4.78 is 2.23. The smallest absolute Gasteiger partial charge is 0.184 e. The van der Waals surface area contributed by atoms with Crippen LogP contribution in [0.5, 0.6) is 0 Å². The third kappa shape index (κ3) is 2.08. The van der Waals surface area contributed by atoms with E-state index >= 15 is 0 Å². The Balaban J connectivity index is 2.21. The van der Waals surface area contributed by atoms with Gasteiger partial charge in [-0.2, -0.15) is 5.10 Å². The first-order valence-corrected chi connectivity index (χ1v) is 7.19. The SMILES string of the molecule is Cc1ccc2c(c1)c1c(n2C)/C(=N/NC(N)=S)CCC1. The van der Waals surface area contributed by atoms with Crippen LogP contribution in [0.25, 0.3) is 10.9 Å². The standard InChI is InChI=1S/C15H18N4S/c1-9-6-7-13-11(8-9)10-4-3-5-12(14(10)19(13)2)17-18-15(16)20/h6-8H,3-5H2,1-2H3,(H3,16,18,20)/b17-12+. The number of aromatic nitrogens is 1. The number of aryl methyl sites for hydroxylation is 3. The molecule has 1 aromatic carbocycles. The van der Waals surface area contributed by atoms with Gasteiger partial charge < -0.3 is 10.3 Å². The van der Waals surface area contributed by atoms with Crippen molar-refractivity contribution in [2.75, 3.05) is 0 Å². The molecule has 0 spiro atoms. The van der Waals surface area contributed by atoms with Crippen LogP contribution in [0.3, 0.4) is 0 Å². The van der Waals surface area contributed by atoms with Crippen molar-refractivity contribution in [2.24, 2.45) is 17.9 Å². The molecule has 1 heterocycles. The quantitative estimate of drug-likeness (QED) is 0.625. The Morgan fingerprint density at radius 3 is 2.95 bits per heavy atom. The van der Waals surface area contributed by atoms with Gasteiger partial charge in [-0.25, -0.2) is 0 Å². The zero-order valence-electron chi connectivity index (χ0n) is 11.7. The molecule has 3 rings (SSSR count). The molecule has 1 aromatic heterocycles. The fourth-order valence-corrected chi connectivity index (χ4v) is 3.08. The van der Waals surface area contributed by atoms with Gasteiger partial charge in [0.25, 0.3) is 0 Å². The predicted molar refractivity (Wildman–Crippen MR) is 87.1 cm³/mol. The number of hydrogen-bond donors (Lipinski definition) is 2. The van der Waals surface area contributed by atoms with Crippen molar-refractivity contribution in [1.29, 1.82) is 0 Å². The maximum absolute atomic E-state index is 5.47. The third-order valence-corrected chi connectivity index (χ3v) is 3.97. The molecule has 0 unspecified atom stereocenters. The summed E-state index contributed by atoms with van der Waals surface area (Å²) in [5, 5.41) is 5.93. The van der Waals surface area contributed by atoms with Gasteiger partial charge in [0, 0.05) is 18.0 Å². The normalized spacial score (nSPS) is 16.4. The number of nitrogens with two attached hydrogens (primary N) is 1. The highest BCUT2D eigenvalue weighted by Gasteiger charge is 2.23. The molecule has 3 N–H and O–H groups in total. The minimum atomic E-state index is 0.208. The largest absolute Gasteiger partial charge is 0.375 e. The molecule has 0 fully saturated rings. The first-order valence-electron chi connectivity index (χ1n) is 6.78. The van der Waals surface area contributed by atoms with Crippen LogP contribution >= 0.6 is 12.2 Å². The fraction of sp³-hybridized carbons (Fsp3) is 0.333. The molecule has 0 saturated heterocycles. The zero-order chi connectivity index (χ0) is 14.3. The number of thiocarbonyl (C=S) groups is 1. The lowest BCUT2D eigenvalue weighted by molar-refractivity contribution is 0.804. The summed E-state index contributed by atoms with van der Waals surface area (Å²) in [6.07, 6.45) is 3.16. The summed E-state index contributed by atoms with van der Waals surface area (Å²) in [6.45, 7) is 2.13. The highest BCUT2D eigenvalue weighted by Crippen LogP contribution is 2.32. The number of rotatable bonds is 1. The molecule has 4 nitrogen and oxygen atoms in total. The lowest BCUT2D eigenvalue weighted by atomic mass is 9.93. The van der Waals surface area contributed by atoms with E-state index in [1.54, 1.807) is 0 Å². The Hall–Kier alpha value is -1.88. The van der Waals surface area contributed by atoms with Gasteiger partial charge in [0.15, 0.2) is 5.11 Å². The van der Waals surface area contributed by atoms with Crippen molar-refractivity contribution in [3.8, 4) is 0 Å². The Bertz CT molecular complexity index is 727. The summed E-state index contributed by atoms with van der Waals surface area (Å²) in [4.78, 5) is 0. The van der Waals surface area contributed by atoms with Gasteiger partial charge in [0.1, 0.15) is 0 Å². The van der Waals surface area contributed by atoms with Gasteiger partial charge >= 0.3 is 0 Å². The molecule has 2 aromatic rings. The Morgan fingerprint density at radius 2 is 2.20 bits per heavy atom. The van der Waals surface area contributed by atoms with Crippen LogP contribution < -0.4 is 11.2 Å². The molecule has 1 aliphatic rings. The predicted octanol–water partition coefficient (Wildman–Crippen LogP) is 2.36. The number of nitrogens with zero attached hydrogens (tertiary/aromatic N) is 2. The van der Waals surface area contributed by atoms with Crippen LogP contribution in [0.15, 0.2) is 23.3 Å². The van der Waals surface area contributed by atoms with Gasteiger partial charge in [0.05, 0.1) is 11.4 Å². The minimum Gasteiger partial charge on any atom is -0.375 e. The second-order valence-corrected chi connectivity index (χ2v) is 5.73. The van der Waals surface area contributed by atoms with Crippen LogP contribution in [0.2, 0.25) is 0 Å². The van der Waals surface area contributed by atoms with E-state index in [2.05, 4.69) is 47.3 Å². The van der Waals surface area contributed by atoms with Gasteiger partial charge in [0.2, 0.25) is 0 Å². The van der Waals surface area contributed by atoms with E-state index in [-0.39, 0.29) is 5.11 Å². The molecule has 1 aliphatic carbocycles. The van der Waals surface area contributed by atoms with Gasteiger partial charge in [-0.15, -0.1) is 0 Å². The van der Waals surface area contributed by atoms with E-state index in [0.29, 0.717) is 0 Å². The molecule has 20 heavy (non-hydrogen) atoms. The van der Waals surface area contributed by atoms with Crippen molar-refractivity contribution < 1.29 is 0 Å². The van der Waals surface area contributed by atoms with Gasteiger partial charge in [-0.1, -0.05) is 11.6 Å². The first kappa shape index (κ1) is 13.1. The van der Waals surface area contributed by atoms with E-state index in [1.807, 2.05) is 0 Å². The third-order valence-electron chi connectivity index (χ3n) is 3.87. The first-order chi connectivity index (χ1) is 9.58. The van der Waals surface area contributed by atoms with Crippen LogP contribution in [-0.4, -0.2) is 15.4 Å². The van der Waals surface area contributed by atoms with Crippen LogP contribution in [0.1, 0.15) is 29.7 Å². The maximum atomic E-state index is 5.47. The molecule has 0 atom stereocenters. The molecular weight excluding hydrogens is 268 g/mol. The molecule has 0 bridgehead atoms. The minimum absolute atomic E-state index is 0.208.